The molecule has 1 amide bonds. The molecular formula is C17H16F3N3O3. The molecule has 138 valence electrons. The zero-order valence-electron chi connectivity index (χ0n) is 13.6. The zero-order chi connectivity index (χ0) is 18.7. The Bertz CT molecular complexity index is 836. The molecule has 1 aromatic carbocycles. The van der Waals surface area contributed by atoms with E-state index in [1.165, 1.54) is 35.5 Å². The number of H-pyrrole nitrogens is 1. The SMILES string of the molecule is O=C(CO[C@@H](c1ccccc1)C(F)(F)F)N1CCc2c(nc[nH]c2=O)C1. The van der Waals surface area contributed by atoms with Crippen LogP contribution >= 0.6 is 0 Å². The van der Waals surface area contributed by atoms with Gasteiger partial charge in [-0.25, -0.2) is 4.98 Å². The van der Waals surface area contributed by atoms with Crippen LogP contribution < -0.4 is 5.56 Å². The minimum Gasteiger partial charge on any atom is -0.354 e. The van der Waals surface area contributed by atoms with Crippen LogP contribution in [-0.2, 0) is 22.5 Å². The lowest BCUT2D eigenvalue weighted by Gasteiger charge is -2.28. The van der Waals surface area contributed by atoms with E-state index < -0.39 is 24.8 Å². The number of hydrogen-bond donors (Lipinski definition) is 1. The van der Waals surface area contributed by atoms with Gasteiger partial charge < -0.3 is 14.6 Å². The number of fused-ring (bicyclic) bond motifs is 1. The first-order chi connectivity index (χ1) is 12.4. The van der Waals surface area contributed by atoms with Crippen LogP contribution in [0.3, 0.4) is 0 Å². The Balaban J connectivity index is 1.67. The highest BCUT2D eigenvalue weighted by Crippen LogP contribution is 2.35. The molecule has 2 heterocycles. The molecule has 1 aromatic heterocycles. The van der Waals surface area contributed by atoms with Crippen molar-refractivity contribution in [3.05, 3.63) is 63.8 Å². The van der Waals surface area contributed by atoms with Crippen molar-refractivity contribution in [2.75, 3.05) is 13.2 Å². The number of aromatic amines is 1. The van der Waals surface area contributed by atoms with Crippen LogP contribution in [0.4, 0.5) is 13.2 Å². The van der Waals surface area contributed by atoms with Crippen molar-refractivity contribution >= 4 is 5.91 Å². The van der Waals surface area contributed by atoms with Gasteiger partial charge in [0.05, 0.1) is 18.6 Å². The lowest BCUT2D eigenvalue weighted by molar-refractivity contribution is -0.224. The molecule has 1 N–H and O–H groups in total. The van der Waals surface area contributed by atoms with Crippen LogP contribution in [0.1, 0.15) is 22.9 Å². The molecule has 3 rings (SSSR count). The minimum atomic E-state index is -4.63. The van der Waals surface area contributed by atoms with Crippen LogP contribution in [0.5, 0.6) is 0 Å². The molecule has 0 spiro atoms. The average Bonchev–Trinajstić information content (AvgIpc) is 2.61. The standard InChI is InChI=1S/C17H16F3N3O3/c18-17(19,20)15(11-4-2-1-3-5-11)26-9-14(24)23-7-6-12-13(8-23)21-10-22-16(12)25/h1-5,10,15H,6-9H2,(H,21,22,25)/t15-/m0/s1. The van der Waals surface area contributed by atoms with Gasteiger partial charge in [-0.1, -0.05) is 30.3 Å². The highest BCUT2D eigenvalue weighted by Gasteiger charge is 2.42. The highest BCUT2D eigenvalue weighted by atomic mass is 19.4. The number of nitrogens with zero attached hydrogens (tertiary/aromatic N) is 2. The number of rotatable bonds is 4. The minimum absolute atomic E-state index is 0.0648. The van der Waals surface area contributed by atoms with E-state index in [9.17, 15) is 22.8 Å². The normalized spacial score (nSPS) is 15.4. The second-order valence-corrected chi connectivity index (χ2v) is 5.87. The third-order valence-corrected chi connectivity index (χ3v) is 4.14. The third-order valence-electron chi connectivity index (χ3n) is 4.14. The summed E-state index contributed by atoms with van der Waals surface area (Å²) in [4.78, 5) is 31.8. The summed E-state index contributed by atoms with van der Waals surface area (Å²) in [5, 5.41) is 0. The number of amides is 1. The van der Waals surface area contributed by atoms with E-state index in [1.807, 2.05) is 0 Å². The molecule has 0 unspecified atom stereocenters. The number of benzene rings is 1. The number of alkyl halides is 3. The maximum absolute atomic E-state index is 13.2. The number of nitrogens with one attached hydrogen (secondary N) is 1. The second-order valence-electron chi connectivity index (χ2n) is 5.87. The number of halogens is 3. The predicted octanol–water partition coefficient (Wildman–Crippen LogP) is 1.97. The summed E-state index contributed by atoms with van der Waals surface area (Å²) in [5.74, 6) is -0.581. The van der Waals surface area contributed by atoms with Gasteiger partial charge in [0, 0.05) is 12.1 Å². The molecule has 26 heavy (non-hydrogen) atoms. The van der Waals surface area contributed by atoms with Crippen LogP contribution in [0.15, 0.2) is 41.5 Å². The molecule has 0 saturated carbocycles. The van der Waals surface area contributed by atoms with E-state index in [0.29, 0.717) is 17.7 Å². The molecule has 0 radical (unpaired) electrons. The number of carbonyl (C=O) groups excluding carboxylic acids is 1. The summed E-state index contributed by atoms with van der Waals surface area (Å²) in [7, 11) is 0. The molecule has 0 fully saturated rings. The van der Waals surface area contributed by atoms with Gasteiger partial charge in [-0.05, 0) is 12.0 Å². The first-order valence-corrected chi connectivity index (χ1v) is 7.92. The summed E-state index contributed by atoms with van der Waals surface area (Å²) >= 11 is 0. The molecule has 1 atom stereocenters. The second kappa shape index (κ2) is 7.28. The molecule has 0 bridgehead atoms. The highest BCUT2D eigenvalue weighted by molar-refractivity contribution is 5.77. The smallest absolute Gasteiger partial charge is 0.354 e. The van der Waals surface area contributed by atoms with Crippen molar-refractivity contribution in [3.63, 3.8) is 0 Å². The lowest BCUT2D eigenvalue weighted by Crippen LogP contribution is -2.41. The monoisotopic (exact) mass is 367 g/mol. The quantitative estimate of drug-likeness (QED) is 0.897. The van der Waals surface area contributed by atoms with E-state index in [-0.39, 0.29) is 24.2 Å². The van der Waals surface area contributed by atoms with Gasteiger partial charge in [-0.3, -0.25) is 9.59 Å². The van der Waals surface area contributed by atoms with E-state index >= 15 is 0 Å². The Morgan fingerprint density at radius 2 is 2.04 bits per heavy atom. The third kappa shape index (κ3) is 3.93. The summed E-state index contributed by atoms with van der Waals surface area (Å²) < 4.78 is 44.6. The molecule has 1 aliphatic rings. The summed E-state index contributed by atoms with van der Waals surface area (Å²) in [5.41, 5.74) is 0.614. The molecule has 9 heteroatoms. The van der Waals surface area contributed by atoms with Crippen LogP contribution in [-0.4, -0.2) is 40.1 Å². The first-order valence-electron chi connectivity index (χ1n) is 7.92. The van der Waals surface area contributed by atoms with E-state index in [0.717, 1.165) is 0 Å². The first kappa shape index (κ1) is 18.1. The molecule has 0 aliphatic carbocycles. The van der Waals surface area contributed by atoms with Crippen molar-refractivity contribution in [1.82, 2.24) is 14.9 Å². The van der Waals surface area contributed by atoms with E-state index in [4.69, 9.17) is 4.74 Å². The van der Waals surface area contributed by atoms with Crippen molar-refractivity contribution in [2.45, 2.75) is 25.2 Å². The van der Waals surface area contributed by atoms with Crippen molar-refractivity contribution in [1.29, 1.82) is 0 Å². The van der Waals surface area contributed by atoms with Crippen LogP contribution in [0, 0.1) is 0 Å². The van der Waals surface area contributed by atoms with Gasteiger partial charge >= 0.3 is 6.18 Å². The Labute approximate surface area is 146 Å². The summed E-state index contributed by atoms with van der Waals surface area (Å²) in [6.07, 6.45) is -5.28. The fourth-order valence-corrected chi connectivity index (χ4v) is 2.83. The van der Waals surface area contributed by atoms with Gasteiger partial charge in [-0.2, -0.15) is 13.2 Å². The Morgan fingerprint density at radius 1 is 1.31 bits per heavy atom. The average molecular weight is 367 g/mol. The molecule has 1 aliphatic heterocycles. The Kier molecular flexibility index (Phi) is 5.08. The van der Waals surface area contributed by atoms with Crippen molar-refractivity contribution in [2.24, 2.45) is 0 Å². The zero-order valence-corrected chi connectivity index (χ0v) is 13.6. The summed E-state index contributed by atoms with van der Waals surface area (Å²) in [6, 6.07) is 7.15. The number of ether oxygens (including phenoxy) is 1. The van der Waals surface area contributed by atoms with Gasteiger partial charge in [-0.15, -0.1) is 0 Å². The fourth-order valence-electron chi connectivity index (χ4n) is 2.83. The lowest BCUT2D eigenvalue weighted by atomic mass is 10.1. The van der Waals surface area contributed by atoms with Gasteiger partial charge in [0.15, 0.2) is 6.10 Å². The topological polar surface area (TPSA) is 75.3 Å². The summed E-state index contributed by atoms with van der Waals surface area (Å²) in [6.45, 7) is -0.410. The maximum atomic E-state index is 13.2. The van der Waals surface area contributed by atoms with Crippen molar-refractivity contribution < 1.29 is 22.7 Å². The predicted molar refractivity (Wildman–Crippen MR) is 85.2 cm³/mol. The Morgan fingerprint density at radius 3 is 2.73 bits per heavy atom. The number of hydrogen-bond acceptors (Lipinski definition) is 4. The van der Waals surface area contributed by atoms with E-state index in [2.05, 4.69) is 9.97 Å². The largest absolute Gasteiger partial charge is 0.418 e. The fraction of sp³-hybridized carbons (Fsp3) is 0.353. The van der Waals surface area contributed by atoms with Gasteiger partial charge in [0.1, 0.15) is 6.61 Å². The van der Waals surface area contributed by atoms with Crippen molar-refractivity contribution in [3.8, 4) is 0 Å². The maximum Gasteiger partial charge on any atom is 0.418 e. The molecule has 2 aromatic rings. The van der Waals surface area contributed by atoms with Crippen LogP contribution in [0.2, 0.25) is 0 Å². The Hall–Kier alpha value is -2.68. The van der Waals surface area contributed by atoms with Gasteiger partial charge in [0.25, 0.3) is 5.56 Å². The number of carbonyl (C=O) groups is 1. The molecule has 6 nitrogen and oxygen atoms in total. The number of aromatic nitrogens is 2. The van der Waals surface area contributed by atoms with Gasteiger partial charge in [0.2, 0.25) is 5.91 Å². The molecular weight excluding hydrogens is 351 g/mol. The van der Waals surface area contributed by atoms with E-state index in [1.54, 1.807) is 6.07 Å². The van der Waals surface area contributed by atoms with Crippen LogP contribution in [0.25, 0.3) is 0 Å². The molecule has 0 saturated heterocycles.